The maximum absolute atomic E-state index is 11.7. The molecule has 0 aliphatic carbocycles. The van der Waals surface area contributed by atoms with E-state index >= 15 is 0 Å². The van der Waals surface area contributed by atoms with E-state index in [2.05, 4.69) is 47.8 Å². The molecule has 3 aromatic carbocycles. The van der Waals surface area contributed by atoms with E-state index < -0.39 is 0 Å². The lowest BCUT2D eigenvalue weighted by Crippen LogP contribution is -2.25. The van der Waals surface area contributed by atoms with Crippen molar-refractivity contribution < 1.29 is 9.53 Å². The molecule has 1 atom stereocenters. The number of hydrogen-bond donors (Lipinski definition) is 1. The first-order chi connectivity index (χ1) is 13.8. The van der Waals surface area contributed by atoms with E-state index in [1.807, 2.05) is 42.1 Å². The molecular formula is C23H18N2O2S. The zero-order valence-corrected chi connectivity index (χ0v) is 15.9. The maximum Gasteiger partial charge on any atom is 0.262 e. The highest BCUT2D eigenvalue weighted by molar-refractivity contribution is 7.99. The number of carbonyl (C=O) groups excluding carboxylic acids is 1. The number of hydrogen-bond acceptors (Lipinski definition) is 4. The molecular weight excluding hydrogens is 368 g/mol. The zero-order valence-electron chi connectivity index (χ0n) is 15.1. The first kappa shape index (κ1) is 17.1. The van der Waals surface area contributed by atoms with Crippen LogP contribution >= 0.6 is 11.8 Å². The van der Waals surface area contributed by atoms with Crippen molar-refractivity contribution in [3.8, 4) is 5.75 Å². The SMILES string of the molecule is O=C1COc2ccc(C3=Nc4ccccc4S[C@H](c4ccccc4)C3)cc2N1. The maximum atomic E-state index is 11.7. The van der Waals surface area contributed by atoms with Crippen molar-refractivity contribution in [3.05, 3.63) is 83.9 Å². The Bertz CT molecular complexity index is 1080. The van der Waals surface area contributed by atoms with E-state index in [1.54, 1.807) is 0 Å². The second kappa shape index (κ2) is 7.17. The Balaban J connectivity index is 1.58. The van der Waals surface area contributed by atoms with E-state index in [9.17, 15) is 4.79 Å². The van der Waals surface area contributed by atoms with Crippen LogP contribution in [0.3, 0.4) is 0 Å². The first-order valence-electron chi connectivity index (χ1n) is 9.21. The van der Waals surface area contributed by atoms with Crippen LogP contribution in [0, 0.1) is 0 Å². The van der Waals surface area contributed by atoms with Gasteiger partial charge < -0.3 is 10.1 Å². The molecule has 0 fully saturated rings. The summed E-state index contributed by atoms with van der Waals surface area (Å²) >= 11 is 1.85. The standard InChI is InChI=1S/C23H18N2O2S/c26-23-14-27-20-11-10-16(12-19(20)25-23)18-13-22(15-6-2-1-3-7-15)28-21-9-5-4-8-17(21)24-18/h1-12,22H,13-14H2,(H,25,26)/t22-/m0/s1. The van der Waals surface area contributed by atoms with Gasteiger partial charge in [0.25, 0.3) is 5.91 Å². The summed E-state index contributed by atoms with van der Waals surface area (Å²) in [6.45, 7) is 0.0629. The summed E-state index contributed by atoms with van der Waals surface area (Å²) in [5, 5.41) is 3.16. The molecule has 138 valence electrons. The quantitative estimate of drug-likeness (QED) is 0.644. The van der Waals surface area contributed by atoms with Gasteiger partial charge in [-0.05, 0) is 41.5 Å². The van der Waals surface area contributed by atoms with Crippen LogP contribution in [0.5, 0.6) is 5.75 Å². The Morgan fingerprint density at radius 1 is 1.00 bits per heavy atom. The Morgan fingerprint density at radius 3 is 2.71 bits per heavy atom. The highest BCUT2D eigenvalue weighted by Gasteiger charge is 2.24. The third-order valence-corrected chi connectivity index (χ3v) is 6.21. The average Bonchev–Trinajstić information content (AvgIpc) is 2.93. The zero-order chi connectivity index (χ0) is 18.9. The van der Waals surface area contributed by atoms with Crippen molar-refractivity contribution in [3.63, 3.8) is 0 Å². The van der Waals surface area contributed by atoms with E-state index in [4.69, 9.17) is 9.73 Å². The summed E-state index contributed by atoms with van der Waals surface area (Å²) in [6, 6.07) is 24.7. The van der Waals surface area contributed by atoms with Gasteiger partial charge in [-0.25, -0.2) is 0 Å². The Kier molecular flexibility index (Phi) is 4.37. The van der Waals surface area contributed by atoms with Gasteiger partial charge in [0.15, 0.2) is 6.61 Å². The molecule has 0 spiro atoms. The number of ether oxygens (including phenoxy) is 1. The predicted octanol–water partition coefficient (Wildman–Crippen LogP) is 5.38. The summed E-state index contributed by atoms with van der Waals surface area (Å²) in [5.74, 6) is 0.572. The second-order valence-corrected chi connectivity index (χ2v) is 8.04. The van der Waals surface area contributed by atoms with E-state index in [-0.39, 0.29) is 17.8 Å². The Morgan fingerprint density at radius 2 is 1.82 bits per heavy atom. The van der Waals surface area contributed by atoms with Crippen molar-refractivity contribution in [2.75, 3.05) is 11.9 Å². The minimum Gasteiger partial charge on any atom is -0.482 e. The molecule has 0 saturated heterocycles. The van der Waals surface area contributed by atoms with Crippen molar-refractivity contribution in [1.82, 2.24) is 0 Å². The number of amides is 1. The average molecular weight is 386 g/mol. The Labute approximate surface area is 167 Å². The third-order valence-electron chi connectivity index (χ3n) is 4.89. The monoisotopic (exact) mass is 386 g/mol. The number of fused-ring (bicyclic) bond motifs is 2. The summed E-state index contributed by atoms with van der Waals surface area (Å²) in [4.78, 5) is 17.9. The number of para-hydroxylation sites is 1. The number of anilines is 1. The normalized spacial score (nSPS) is 18.1. The van der Waals surface area contributed by atoms with Crippen LogP contribution in [0.15, 0.2) is 82.7 Å². The Hall–Kier alpha value is -3.05. The van der Waals surface area contributed by atoms with Crippen molar-refractivity contribution in [1.29, 1.82) is 0 Å². The minimum absolute atomic E-state index is 0.0629. The molecule has 2 aliphatic heterocycles. The number of rotatable bonds is 2. The molecule has 3 aromatic rings. The van der Waals surface area contributed by atoms with Crippen LogP contribution in [0.4, 0.5) is 11.4 Å². The number of thioether (sulfide) groups is 1. The molecule has 2 aliphatic rings. The van der Waals surface area contributed by atoms with Gasteiger partial charge in [0.05, 0.1) is 11.4 Å². The molecule has 0 bridgehead atoms. The van der Waals surface area contributed by atoms with Gasteiger partial charge in [0.2, 0.25) is 0 Å². The fraction of sp³-hybridized carbons (Fsp3) is 0.130. The third kappa shape index (κ3) is 3.29. The number of benzene rings is 3. The lowest BCUT2D eigenvalue weighted by molar-refractivity contribution is -0.118. The number of nitrogens with one attached hydrogen (secondary N) is 1. The van der Waals surface area contributed by atoms with Crippen molar-refractivity contribution >= 4 is 34.8 Å². The molecule has 1 amide bonds. The lowest BCUT2D eigenvalue weighted by atomic mass is 10.0. The topological polar surface area (TPSA) is 50.7 Å². The molecule has 0 unspecified atom stereocenters. The van der Waals surface area contributed by atoms with Gasteiger partial charge in [-0.3, -0.25) is 9.79 Å². The van der Waals surface area contributed by atoms with Crippen LogP contribution in [-0.2, 0) is 4.79 Å². The largest absolute Gasteiger partial charge is 0.482 e. The first-order valence-corrected chi connectivity index (χ1v) is 10.1. The van der Waals surface area contributed by atoms with E-state index in [0.717, 1.165) is 23.4 Å². The van der Waals surface area contributed by atoms with Crippen molar-refractivity contribution in [2.45, 2.75) is 16.6 Å². The van der Waals surface area contributed by atoms with E-state index in [0.29, 0.717) is 11.4 Å². The highest BCUT2D eigenvalue weighted by atomic mass is 32.2. The lowest BCUT2D eigenvalue weighted by Gasteiger charge is -2.20. The molecule has 28 heavy (non-hydrogen) atoms. The number of aliphatic imine (C=N–C) groups is 1. The minimum atomic E-state index is -0.129. The summed E-state index contributed by atoms with van der Waals surface area (Å²) in [7, 11) is 0. The summed E-state index contributed by atoms with van der Waals surface area (Å²) in [6.07, 6.45) is 0.803. The molecule has 0 radical (unpaired) electrons. The molecule has 5 heteroatoms. The molecule has 5 rings (SSSR count). The fourth-order valence-corrected chi connectivity index (χ4v) is 4.74. The molecule has 0 aromatic heterocycles. The van der Waals surface area contributed by atoms with Gasteiger partial charge in [-0.1, -0.05) is 42.5 Å². The molecule has 2 heterocycles. The van der Waals surface area contributed by atoms with Gasteiger partial charge in [-0.2, -0.15) is 0 Å². The highest BCUT2D eigenvalue weighted by Crippen LogP contribution is 2.45. The number of carbonyl (C=O) groups is 1. The van der Waals surface area contributed by atoms with Gasteiger partial charge in [0.1, 0.15) is 5.75 Å². The van der Waals surface area contributed by atoms with Gasteiger partial charge >= 0.3 is 0 Å². The fourth-order valence-electron chi connectivity index (χ4n) is 3.51. The summed E-state index contributed by atoms with van der Waals surface area (Å²) in [5.41, 5.74) is 4.99. The molecule has 0 saturated carbocycles. The second-order valence-electron chi connectivity index (χ2n) is 6.80. The number of nitrogens with zero attached hydrogens (tertiary/aromatic N) is 1. The van der Waals surface area contributed by atoms with Crippen LogP contribution in [0.2, 0.25) is 0 Å². The predicted molar refractivity (Wildman–Crippen MR) is 113 cm³/mol. The molecule has 1 N–H and O–H groups in total. The van der Waals surface area contributed by atoms with E-state index in [1.165, 1.54) is 10.5 Å². The molecule has 4 nitrogen and oxygen atoms in total. The van der Waals surface area contributed by atoms with Crippen LogP contribution < -0.4 is 10.1 Å². The van der Waals surface area contributed by atoms with Gasteiger partial charge in [0, 0.05) is 22.3 Å². The van der Waals surface area contributed by atoms with Crippen LogP contribution in [0.25, 0.3) is 0 Å². The van der Waals surface area contributed by atoms with Crippen molar-refractivity contribution in [2.24, 2.45) is 4.99 Å². The van der Waals surface area contributed by atoms with Crippen LogP contribution in [0.1, 0.15) is 22.8 Å². The summed E-state index contributed by atoms with van der Waals surface area (Å²) < 4.78 is 5.49. The smallest absolute Gasteiger partial charge is 0.262 e. The van der Waals surface area contributed by atoms with Gasteiger partial charge in [-0.15, -0.1) is 11.8 Å². The van der Waals surface area contributed by atoms with Crippen LogP contribution in [-0.4, -0.2) is 18.2 Å².